The molecule has 194 valence electrons. The lowest BCUT2D eigenvalue weighted by Gasteiger charge is -2.19. The Morgan fingerprint density at radius 1 is 0.706 bits per heavy atom. The third kappa shape index (κ3) is 17.0. The molecule has 10 heteroatoms. The third-order valence-corrected chi connectivity index (χ3v) is 4.05. The summed E-state index contributed by atoms with van der Waals surface area (Å²) in [6.07, 6.45) is -0.462. The second-order valence-corrected chi connectivity index (χ2v) is 7.76. The molecule has 0 heterocycles. The van der Waals surface area contributed by atoms with E-state index in [1.165, 1.54) is 0 Å². The van der Waals surface area contributed by atoms with Crippen molar-refractivity contribution in [1.82, 2.24) is 4.90 Å². The molecule has 34 heavy (non-hydrogen) atoms. The maximum atomic E-state index is 12.1. The number of carbonyl (C=O) groups excluding carboxylic acids is 3. The average Bonchev–Trinajstić information content (AvgIpc) is 2.77. The van der Waals surface area contributed by atoms with Crippen molar-refractivity contribution >= 4 is 17.9 Å². The molecule has 0 spiro atoms. The van der Waals surface area contributed by atoms with Crippen molar-refractivity contribution in [3.63, 3.8) is 0 Å². The minimum Gasteiger partial charge on any atom is -0.461 e. The van der Waals surface area contributed by atoms with Crippen LogP contribution < -0.4 is 0 Å². The van der Waals surface area contributed by atoms with Crippen LogP contribution in [0.1, 0.15) is 20.3 Å². The molecule has 0 bridgehead atoms. The Morgan fingerprint density at radius 2 is 1.21 bits per heavy atom. The number of ether oxygens (including phenoxy) is 6. The smallest absolute Gasteiger partial charge is 0.333 e. The van der Waals surface area contributed by atoms with Crippen LogP contribution in [0.3, 0.4) is 0 Å². The van der Waals surface area contributed by atoms with E-state index in [2.05, 4.69) is 19.7 Å². The number of carbonyl (C=O) groups is 3. The molecule has 0 saturated carbocycles. The van der Waals surface area contributed by atoms with E-state index in [0.29, 0.717) is 25.3 Å². The van der Waals surface area contributed by atoms with Crippen LogP contribution in [0.25, 0.3) is 0 Å². The monoisotopic (exact) mass is 485 g/mol. The summed E-state index contributed by atoms with van der Waals surface area (Å²) in [6.45, 7) is 16.2. The van der Waals surface area contributed by atoms with Gasteiger partial charge >= 0.3 is 17.9 Å². The molecule has 0 saturated heterocycles. The minimum absolute atomic E-state index is 0.0678. The molecule has 0 radical (unpaired) electrons. The van der Waals surface area contributed by atoms with E-state index in [1.807, 2.05) is 19.0 Å². The number of esters is 3. The summed E-state index contributed by atoms with van der Waals surface area (Å²) in [5, 5.41) is 0. The zero-order valence-corrected chi connectivity index (χ0v) is 20.9. The highest BCUT2D eigenvalue weighted by atomic mass is 16.6. The Bertz CT molecular complexity index is 688. The molecule has 0 aromatic heterocycles. The standard InChI is InChI=1S/C24H39NO9/c1-18(2)22(26)33-15-13-30-11-10-29-12-14-31-21(17-34-23(27)19(3)4)16-20(5)24(28)32-9-8-25(6)7/h21H,1,3,5,8-17H2,2,4,6-7H3. The zero-order valence-electron chi connectivity index (χ0n) is 20.9. The van der Waals surface area contributed by atoms with Crippen molar-refractivity contribution in [2.24, 2.45) is 0 Å². The van der Waals surface area contributed by atoms with Gasteiger partial charge in [-0.3, -0.25) is 0 Å². The fourth-order valence-corrected chi connectivity index (χ4v) is 2.15. The second-order valence-electron chi connectivity index (χ2n) is 7.76. The molecule has 0 fully saturated rings. The molecule has 0 aliphatic carbocycles. The summed E-state index contributed by atoms with van der Waals surface area (Å²) in [4.78, 5) is 36.9. The van der Waals surface area contributed by atoms with Crippen LogP contribution in [0.15, 0.2) is 36.5 Å². The molecule has 0 aromatic carbocycles. The topological polar surface area (TPSA) is 110 Å². The number of rotatable bonds is 20. The molecule has 0 amide bonds. The normalized spacial score (nSPS) is 11.6. The first-order valence-corrected chi connectivity index (χ1v) is 11.0. The Labute approximate surface area is 202 Å². The van der Waals surface area contributed by atoms with Gasteiger partial charge in [-0.05, 0) is 27.9 Å². The van der Waals surface area contributed by atoms with Crippen molar-refractivity contribution in [3.05, 3.63) is 36.5 Å². The molecule has 0 aliphatic rings. The summed E-state index contributed by atoms with van der Waals surface area (Å²) in [6, 6.07) is 0. The van der Waals surface area contributed by atoms with E-state index in [-0.39, 0.29) is 57.2 Å². The van der Waals surface area contributed by atoms with Gasteiger partial charge in [0, 0.05) is 29.7 Å². The number of likely N-dealkylation sites (N-methyl/N-ethyl adjacent to an activating group) is 1. The van der Waals surface area contributed by atoms with E-state index in [0.717, 1.165) is 0 Å². The third-order valence-electron chi connectivity index (χ3n) is 4.05. The van der Waals surface area contributed by atoms with Crippen LogP contribution in [-0.4, -0.2) is 102 Å². The van der Waals surface area contributed by atoms with Gasteiger partial charge in [-0.15, -0.1) is 0 Å². The van der Waals surface area contributed by atoms with Crippen molar-refractivity contribution in [3.8, 4) is 0 Å². The summed E-state index contributed by atoms with van der Waals surface area (Å²) in [7, 11) is 3.75. The molecule has 0 aromatic rings. The quantitative estimate of drug-likeness (QED) is 0.109. The van der Waals surface area contributed by atoms with Crippen LogP contribution in [0, 0.1) is 0 Å². The summed E-state index contributed by atoms with van der Waals surface area (Å²) >= 11 is 0. The molecule has 1 atom stereocenters. The van der Waals surface area contributed by atoms with Gasteiger partial charge in [0.05, 0.1) is 39.1 Å². The van der Waals surface area contributed by atoms with Crippen LogP contribution >= 0.6 is 0 Å². The molecular formula is C24H39NO9. The van der Waals surface area contributed by atoms with Crippen LogP contribution in [0.2, 0.25) is 0 Å². The van der Waals surface area contributed by atoms with E-state index in [4.69, 9.17) is 28.4 Å². The van der Waals surface area contributed by atoms with Crippen LogP contribution in [-0.2, 0) is 42.8 Å². The first kappa shape index (κ1) is 31.5. The van der Waals surface area contributed by atoms with Crippen LogP contribution in [0.4, 0.5) is 0 Å². The maximum Gasteiger partial charge on any atom is 0.333 e. The lowest BCUT2D eigenvalue weighted by Crippen LogP contribution is -2.27. The van der Waals surface area contributed by atoms with E-state index >= 15 is 0 Å². The SMILES string of the molecule is C=C(C)C(=O)OCCOCCOCCOC(COC(=O)C(=C)C)CC(=C)C(=O)OCCN(C)C. The highest BCUT2D eigenvalue weighted by Crippen LogP contribution is 2.11. The van der Waals surface area contributed by atoms with Gasteiger partial charge in [0.15, 0.2) is 0 Å². The molecule has 0 rings (SSSR count). The van der Waals surface area contributed by atoms with Crippen molar-refractivity contribution in [2.45, 2.75) is 26.4 Å². The number of hydrogen-bond donors (Lipinski definition) is 0. The summed E-state index contributed by atoms with van der Waals surface area (Å²) < 4.78 is 31.7. The first-order chi connectivity index (χ1) is 16.0. The number of hydrogen-bond acceptors (Lipinski definition) is 10. The van der Waals surface area contributed by atoms with Gasteiger partial charge in [0.2, 0.25) is 0 Å². The first-order valence-electron chi connectivity index (χ1n) is 11.0. The van der Waals surface area contributed by atoms with Crippen LogP contribution in [0.5, 0.6) is 0 Å². The predicted molar refractivity (Wildman–Crippen MR) is 126 cm³/mol. The predicted octanol–water partition coefficient (Wildman–Crippen LogP) is 1.69. The molecule has 0 N–H and O–H groups in total. The highest BCUT2D eigenvalue weighted by molar-refractivity contribution is 5.88. The Hall–Kier alpha value is -2.53. The Balaban J connectivity index is 4.25. The lowest BCUT2D eigenvalue weighted by atomic mass is 10.1. The van der Waals surface area contributed by atoms with Crippen molar-refractivity contribution < 1.29 is 42.8 Å². The van der Waals surface area contributed by atoms with Crippen molar-refractivity contribution in [2.75, 3.05) is 73.5 Å². The molecular weight excluding hydrogens is 446 g/mol. The Kier molecular flexibility index (Phi) is 17.4. The van der Waals surface area contributed by atoms with E-state index in [1.54, 1.807) is 13.8 Å². The van der Waals surface area contributed by atoms with Gasteiger partial charge in [-0.2, -0.15) is 0 Å². The summed E-state index contributed by atoms with van der Waals surface area (Å²) in [5.41, 5.74) is 0.816. The fourth-order valence-electron chi connectivity index (χ4n) is 2.15. The summed E-state index contributed by atoms with van der Waals surface area (Å²) in [5.74, 6) is -1.52. The average molecular weight is 486 g/mol. The van der Waals surface area contributed by atoms with Gasteiger partial charge in [0.25, 0.3) is 0 Å². The Morgan fingerprint density at radius 3 is 1.76 bits per heavy atom. The second kappa shape index (κ2) is 18.8. The van der Waals surface area contributed by atoms with Gasteiger partial charge < -0.3 is 33.3 Å². The van der Waals surface area contributed by atoms with E-state index < -0.39 is 24.0 Å². The maximum absolute atomic E-state index is 12.1. The molecule has 1 unspecified atom stereocenters. The molecule has 0 aliphatic heterocycles. The largest absolute Gasteiger partial charge is 0.461 e. The molecule has 10 nitrogen and oxygen atoms in total. The van der Waals surface area contributed by atoms with Gasteiger partial charge in [0.1, 0.15) is 19.8 Å². The van der Waals surface area contributed by atoms with Gasteiger partial charge in [-0.25, -0.2) is 14.4 Å². The van der Waals surface area contributed by atoms with E-state index in [9.17, 15) is 14.4 Å². The zero-order chi connectivity index (χ0) is 25.9. The van der Waals surface area contributed by atoms with Crippen molar-refractivity contribution in [1.29, 1.82) is 0 Å². The minimum atomic E-state index is -0.597. The highest BCUT2D eigenvalue weighted by Gasteiger charge is 2.19. The lowest BCUT2D eigenvalue weighted by molar-refractivity contribution is -0.144. The van der Waals surface area contributed by atoms with Gasteiger partial charge in [-0.1, -0.05) is 19.7 Å². The number of nitrogens with zero attached hydrogens (tertiary/aromatic N) is 1. The fraction of sp³-hybridized carbons (Fsp3) is 0.625.